The summed E-state index contributed by atoms with van der Waals surface area (Å²) in [6, 6.07) is 3.36. The molecule has 0 saturated carbocycles. The first-order valence-corrected chi connectivity index (χ1v) is 6.57. The predicted octanol–water partition coefficient (Wildman–Crippen LogP) is 0.615. The third-order valence-corrected chi connectivity index (χ3v) is 2.44. The van der Waals surface area contributed by atoms with Crippen LogP contribution in [0.4, 0.5) is 0 Å². The molecule has 114 valence electrons. The third kappa shape index (κ3) is 4.87. The number of esters is 2. The van der Waals surface area contributed by atoms with Crippen molar-refractivity contribution in [3.63, 3.8) is 0 Å². The van der Waals surface area contributed by atoms with Gasteiger partial charge in [-0.15, -0.1) is 0 Å². The van der Waals surface area contributed by atoms with Gasteiger partial charge in [-0.2, -0.15) is 0 Å². The van der Waals surface area contributed by atoms with Crippen LogP contribution in [0.1, 0.15) is 30.0 Å². The predicted molar refractivity (Wildman–Crippen MR) is 73.5 cm³/mol. The Bertz CT molecular complexity index is 512. The molecule has 0 fully saturated rings. The summed E-state index contributed by atoms with van der Waals surface area (Å²) in [5, 5.41) is 2.28. The number of nitrogens with zero attached hydrogens (tertiary/aromatic N) is 1. The highest BCUT2D eigenvalue weighted by Gasteiger charge is 2.31. The van der Waals surface area contributed by atoms with E-state index in [1.54, 1.807) is 32.9 Å². The number of carbonyl (C=O) groups excluding carboxylic acids is 3. The Labute approximate surface area is 122 Å². The zero-order valence-electron chi connectivity index (χ0n) is 12.2. The number of aryl methyl sites for hydroxylation is 1. The van der Waals surface area contributed by atoms with Gasteiger partial charge in [-0.1, -0.05) is 6.07 Å². The molecule has 0 aliphatic rings. The van der Waals surface area contributed by atoms with Gasteiger partial charge in [0.25, 0.3) is 5.91 Å². The van der Waals surface area contributed by atoms with E-state index in [0.29, 0.717) is 5.69 Å². The van der Waals surface area contributed by atoms with Gasteiger partial charge in [0.1, 0.15) is 5.69 Å². The van der Waals surface area contributed by atoms with Crippen LogP contribution in [0.5, 0.6) is 0 Å². The topological polar surface area (TPSA) is 94.6 Å². The van der Waals surface area contributed by atoms with Crippen LogP contribution in [-0.2, 0) is 19.1 Å². The van der Waals surface area contributed by atoms with Crippen LogP contribution in [0.25, 0.3) is 0 Å². The number of pyridine rings is 1. The second-order valence-electron chi connectivity index (χ2n) is 4.07. The monoisotopic (exact) mass is 294 g/mol. The smallest absolute Gasteiger partial charge is 0.340 e. The minimum atomic E-state index is -1.50. The van der Waals surface area contributed by atoms with E-state index in [1.807, 2.05) is 0 Å². The number of ether oxygens (including phenoxy) is 2. The second-order valence-corrected chi connectivity index (χ2v) is 4.07. The molecule has 21 heavy (non-hydrogen) atoms. The summed E-state index contributed by atoms with van der Waals surface area (Å²) in [6.45, 7) is 5.11. The second kappa shape index (κ2) is 7.98. The molecule has 7 heteroatoms. The molecule has 1 aromatic heterocycles. The molecule has 0 aliphatic heterocycles. The van der Waals surface area contributed by atoms with Gasteiger partial charge in [-0.05, 0) is 32.9 Å². The lowest BCUT2D eigenvalue weighted by molar-refractivity contribution is -0.157. The molecule has 0 spiro atoms. The van der Waals surface area contributed by atoms with Gasteiger partial charge in [0.2, 0.25) is 6.04 Å². The van der Waals surface area contributed by atoms with E-state index in [-0.39, 0.29) is 18.9 Å². The SMILES string of the molecule is CCOC(=O)C(NC(=O)c1cccc(C)n1)C(=O)OCC. The molecule has 0 unspecified atom stereocenters. The lowest BCUT2D eigenvalue weighted by Crippen LogP contribution is -2.48. The van der Waals surface area contributed by atoms with Crippen LogP contribution in [-0.4, -0.2) is 42.1 Å². The highest BCUT2D eigenvalue weighted by Crippen LogP contribution is 2.01. The maximum absolute atomic E-state index is 12.0. The highest BCUT2D eigenvalue weighted by atomic mass is 16.6. The molecular formula is C14H18N2O5. The Morgan fingerprint density at radius 1 is 1.14 bits per heavy atom. The van der Waals surface area contributed by atoms with Crippen LogP contribution in [0.3, 0.4) is 0 Å². The first-order valence-electron chi connectivity index (χ1n) is 6.57. The standard InChI is InChI=1S/C14H18N2O5/c1-4-20-13(18)11(14(19)21-5-2)16-12(17)10-8-6-7-9(3)15-10/h6-8,11H,4-5H2,1-3H3,(H,16,17). The van der Waals surface area contributed by atoms with Gasteiger partial charge >= 0.3 is 11.9 Å². The fraction of sp³-hybridized carbons (Fsp3) is 0.429. The maximum atomic E-state index is 12.0. The summed E-state index contributed by atoms with van der Waals surface area (Å²) in [4.78, 5) is 39.5. The number of hydrogen-bond acceptors (Lipinski definition) is 6. The molecule has 0 bridgehead atoms. The largest absolute Gasteiger partial charge is 0.464 e. The van der Waals surface area contributed by atoms with Crippen molar-refractivity contribution in [3.05, 3.63) is 29.6 Å². The zero-order valence-corrected chi connectivity index (χ0v) is 12.2. The molecule has 0 atom stereocenters. The van der Waals surface area contributed by atoms with Crippen molar-refractivity contribution in [1.82, 2.24) is 10.3 Å². The maximum Gasteiger partial charge on any atom is 0.340 e. The van der Waals surface area contributed by atoms with Gasteiger partial charge in [0.05, 0.1) is 13.2 Å². The summed E-state index contributed by atoms with van der Waals surface area (Å²) < 4.78 is 9.51. The Morgan fingerprint density at radius 2 is 1.71 bits per heavy atom. The number of amides is 1. The summed E-state index contributed by atoms with van der Waals surface area (Å²) in [5.74, 6) is -2.38. The minimum absolute atomic E-state index is 0.0906. The van der Waals surface area contributed by atoms with E-state index >= 15 is 0 Å². The van der Waals surface area contributed by atoms with E-state index in [1.165, 1.54) is 6.07 Å². The van der Waals surface area contributed by atoms with Crippen LogP contribution in [0, 0.1) is 6.92 Å². The lowest BCUT2D eigenvalue weighted by Gasteiger charge is -2.15. The van der Waals surface area contributed by atoms with Gasteiger partial charge in [-0.25, -0.2) is 14.6 Å². The quantitative estimate of drug-likeness (QED) is 0.610. The number of nitrogens with one attached hydrogen (secondary N) is 1. The number of aromatic nitrogens is 1. The summed E-state index contributed by atoms with van der Waals surface area (Å²) in [7, 11) is 0. The average molecular weight is 294 g/mol. The molecule has 0 aliphatic carbocycles. The molecule has 0 radical (unpaired) electrons. The fourth-order valence-electron chi connectivity index (χ4n) is 1.54. The third-order valence-electron chi connectivity index (χ3n) is 2.44. The van der Waals surface area contributed by atoms with E-state index in [0.717, 1.165) is 0 Å². The molecule has 1 N–H and O–H groups in total. The first kappa shape index (κ1) is 16.6. The van der Waals surface area contributed by atoms with E-state index in [4.69, 9.17) is 9.47 Å². The molecule has 1 aromatic rings. The van der Waals surface area contributed by atoms with Crippen molar-refractivity contribution in [3.8, 4) is 0 Å². The van der Waals surface area contributed by atoms with Crippen LogP contribution in [0.2, 0.25) is 0 Å². The molecule has 1 amide bonds. The Morgan fingerprint density at radius 3 is 2.19 bits per heavy atom. The number of carbonyl (C=O) groups is 3. The van der Waals surface area contributed by atoms with Gasteiger partial charge in [-0.3, -0.25) is 4.79 Å². The van der Waals surface area contributed by atoms with Crippen LogP contribution < -0.4 is 5.32 Å². The first-order chi connectivity index (χ1) is 9.99. The summed E-state index contributed by atoms with van der Waals surface area (Å²) in [6.07, 6.45) is 0. The minimum Gasteiger partial charge on any atom is -0.464 e. The van der Waals surface area contributed by atoms with Crippen molar-refractivity contribution < 1.29 is 23.9 Å². The molecule has 0 aromatic carbocycles. The number of hydrogen-bond donors (Lipinski definition) is 1. The Hall–Kier alpha value is -2.44. The van der Waals surface area contributed by atoms with E-state index < -0.39 is 23.9 Å². The lowest BCUT2D eigenvalue weighted by atomic mass is 10.2. The van der Waals surface area contributed by atoms with Crippen molar-refractivity contribution >= 4 is 17.8 Å². The summed E-state index contributed by atoms with van der Waals surface area (Å²) in [5.41, 5.74) is 0.750. The zero-order chi connectivity index (χ0) is 15.8. The van der Waals surface area contributed by atoms with E-state index in [9.17, 15) is 14.4 Å². The van der Waals surface area contributed by atoms with Crippen molar-refractivity contribution in [1.29, 1.82) is 0 Å². The molecular weight excluding hydrogens is 276 g/mol. The van der Waals surface area contributed by atoms with Gasteiger partial charge < -0.3 is 14.8 Å². The van der Waals surface area contributed by atoms with Crippen molar-refractivity contribution in [2.45, 2.75) is 26.8 Å². The normalized spacial score (nSPS) is 10.1. The Kier molecular flexibility index (Phi) is 6.32. The molecule has 7 nitrogen and oxygen atoms in total. The fourth-order valence-corrected chi connectivity index (χ4v) is 1.54. The number of rotatable bonds is 6. The molecule has 1 rings (SSSR count). The van der Waals surface area contributed by atoms with Crippen LogP contribution in [0.15, 0.2) is 18.2 Å². The Balaban J connectivity index is 2.87. The van der Waals surface area contributed by atoms with Gasteiger partial charge in [0, 0.05) is 5.69 Å². The van der Waals surface area contributed by atoms with Gasteiger partial charge in [0.15, 0.2) is 0 Å². The van der Waals surface area contributed by atoms with E-state index in [2.05, 4.69) is 10.3 Å². The van der Waals surface area contributed by atoms with Crippen molar-refractivity contribution in [2.24, 2.45) is 0 Å². The van der Waals surface area contributed by atoms with Crippen LogP contribution >= 0.6 is 0 Å². The molecule has 0 saturated heterocycles. The highest BCUT2D eigenvalue weighted by molar-refractivity contribution is 6.05. The molecule has 1 heterocycles. The average Bonchev–Trinajstić information content (AvgIpc) is 2.44. The summed E-state index contributed by atoms with van der Waals surface area (Å²) >= 11 is 0. The van der Waals surface area contributed by atoms with Crippen molar-refractivity contribution in [2.75, 3.05) is 13.2 Å².